The second-order valence-electron chi connectivity index (χ2n) is 3.76. The Morgan fingerprint density at radius 2 is 2.06 bits per heavy atom. The summed E-state index contributed by atoms with van der Waals surface area (Å²) in [5.41, 5.74) is 0.575. The molecule has 0 saturated carbocycles. The smallest absolute Gasteiger partial charge is 0.405 e. The average molecular weight is 238 g/mol. The lowest BCUT2D eigenvalue weighted by Crippen LogP contribution is -2.40. The molecule has 1 aromatic carbocycles. The van der Waals surface area contributed by atoms with E-state index in [1.54, 1.807) is 0 Å². The first-order valence-electron chi connectivity index (χ1n) is 5.14. The molecule has 0 aliphatic carbocycles. The summed E-state index contributed by atoms with van der Waals surface area (Å²) in [7, 11) is 0. The Morgan fingerprint density at radius 3 is 2.65 bits per heavy atom. The van der Waals surface area contributed by atoms with Crippen LogP contribution in [-0.4, -0.2) is 29.7 Å². The van der Waals surface area contributed by atoms with Crippen LogP contribution in [0, 0.1) is 5.82 Å². The molecule has 17 heavy (non-hydrogen) atoms. The van der Waals surface area contributed by atoms with E-state index in [2.05, 4.69) is 5.32 Å². The van der Waals surface area contributed by atoms with Gasteiger partial charge in [0.15, 0.2) is 0 Å². The van der Waals surface area contributed by atoms with Gasteiger partial charge in [0.2, 0.25) is 5.91 Å². The number of halogens is 1. The summed E-state index contributed by atoms with van der Waals surface area (Å²) in [4.78, 5) is 23.7. The van der Waals surface area contributed by atoms with Gasteiger partial charge >= 0.3 is 6.09 Å². The summed E-state index contributed by atoms with van der Waals surface area (Å²) in [6.07, 6.45) is -0.799. The third-order valence-corrected chi connectivity index (χ3v) is 2.64. The Labute approximate surface area is 96.8 Å². The van der Waals surface area contributed by atoms with Gasteiger partial charge in [-0.05, 0) is 30.7 Å². The highest BCUT2D eigenvalue weighted by Gasteiger charge is 2.33. The number of carbonyl (C=O) groups excluding carboxylic acids is 1. The van der Waals surface area contributed by atoms with Crippen LogP contribution < -0.4 is 10.2 Å². The quantitative estimate of drug-likeness (QED) is 0.813. The highest BCUT2D eigenvalue weighted by atomic mass is 19.1. The maximum absolute atomic E-state index is 12.7. The van der Waals surface area contributed by atoms with Crippen molar-refractivity contribution in [1.29, 1.82) is 0 Å². The molecule has 0 bridgehead atoms. The Bertz CT molecular complexity index is 447. The van der Waals surface area contributed by atoms with Crippen molar-refractivity contribution in [2.24, 2.45) is 0 Å². The van der Waals surface area contributed by atoms with E-state index < -0.39 is 12.1 Å². The number of amides is 2. The van der Waals surface area contributed by atoms with Crippen molar-refractivity contribution in [3.05, 3.63) is 30.1 Å². The molecule has 1 heterocycles. The van der Waals surface area contributed by atoms with E-state index in [0.717, 1.165) is 0 Å². The monoisotopic (exact) mass is 238 g/mol. The summed E-state index contributed by atoms with van der Waals surface area (Å²) < 4.78 is 12.7. The molecule has 1 saturated heterocycles. The number of hydrogen-bond acceptors (Lipinski definition) is 2. The summed E-state index contributed by atoms with van der Waals surface area (Å²) >= 11 is 0. The van der Waals surface area contributed by atoms with Crippen molar-refractivity contribution >= 4 is 17.7 Å². The molecule has 2 N–H and O–H groups in total. The largest absolute Gasteiger partial charge is 0.465 e. The summed E-state index contributed by atoms with van der Waals surface area (Å²) in [6.45, 7) is 0.426. The van der Waals surface area contributed by atoms with Gasteiger partial charge in [0.05, 0.1) is 0 Å². The summed E-state index contributed by atoms with van der Waals surface area (Å²) in [6, 6.07) is 4.81. The number of hydrogen-bond donors (Lipinski definition) is 2. The summed E-state index contributed by atoms with van der Waals surface area (Å²) in [5, 5.41) is 10.7. The Balaban J connectivity index is 2.12. The van der Waals surface area contributed by atoms with Crippen LogP contribution in [0.15, 0.2) is 24.3 Å². The molecule has 0 aromatic heterocycles. The first-order chi connectivity index (χ1) is 8.08. The summed E-state index contributed by atoms with van der Waals surface area (Å²) in [5.74, 6) is -0.681. The van der Waals surface area contributed by atoms with Crippen LogP contribution in [-0.2, 0) is 4.79 Å². The molecule has 5 nitrogen and oxygen atoms in total. The zero-order valence-electron chi connectivity index (χ0n) is 8.89. The number of nitrogens with zero attached hydrogens (tertiary/aromatic N) is 1. The Hall–Kier alpha value is -2.11. The molecule has 1 atom stereocenters. The number of anilines is 1. The van der Waals surface area contributed by atoms with Crippen molar-refractivity contribution in [3.8, 4) is 0 Å². The van der Waals surface area contributed by atoms with Gasteiger partial charge < -0.3 is 15.3 Å². The van der Waals surface area contributed by atoms with Crippen molar-refractivity contribution in [2.45, 2.75) is 12.5 Å². The van der Waals surface area contributed by atoms with E-state index in [4.69, 9.17) is 5.11 Å². The van der Waals surface area contributed by atoms with Crippen molar-refractivity contribution in [2.75, 3.05) is 11.4 Å². The number of carbonyl (C=O) groups is 2. The number of benzene rings is 1. The van der Waals surface area contributed by atoms with E-state index in [0.29, 0.717) is 18.7 Å². The molecule has 2 amide bonds. The fraction of sp³-hybridized carbons (Fsp3) is 0.273. The van der Waals surface area contributed by atoms with Gasteiger partial charge in [-0.3, -0.25) is 4.79 Å². The van der Waals surface area contributed by atoms with Gasteiger partial charge in [-0.25, -0.2) is 9.18 Å². The Kier molecular flexibility index (Phi) is 2.95. The number of rotatable bonds is 2. The highest BCUT2D eigenvalue weighted by molar-refractivity contribution is 6.00. The van der Waals surface area contributed by atoms with Crippen LogP contribution in [0.2, 0.25) is 0 Å². The normalized spacial score (nSPS) is 19.5. The van der Waals surface area contributed by atoms with Gasteiger partial charge in [-0.1, -0.05) is 0 Å². The van der Waals surface area contributed by atoms with Gasteiger partial charge in [-0.2, -0.15) is 0 Å². The predicted octanol–water partition coefficient (Wildman–Crippen LogP) is 1.20. The van der Waals surface area contributed by atoms with Crippen LogP contribution >= 0.6 is 0 Å². The van der Waals surface area contributed by atoms with Gasteiger partial charge in [0, 0.05) is 12.2 Å². The first kappa shape index (κ1) is 11.4. The van der Waals surface area contributed by atoms with Crippen LogP contribution in [0.5, 0.6) is 0 Å². The van der Waals surface area contributed by atoms with Gasteiger partial charge in [0.25, 0.3) is 0 Å². The van der Waals surface area contributed by atoms with Crippen LogP contribution in [0.3, 0.4) is 0 Å². The molecule has 1 aliphatic heterocycles. The second kappa shape index (κ2) is 4.40. The van der Waals surface area contributed by atoms with Crippen LogP contribution in [0.25, 0.3) is 0 Å². The topological polar surface area (TPSA) is 69.6 Å². The molecule has 6 heteroatoms. The lowest BCUT2D eigenvalue weighted by Gasteiger charge is -2.16. The molecular weight excluding hydrogens is 227 g/mol. The molecule has 1 fully saturated rings. The van der Waals surface area contributed by atoms with Crippen molar-refractivity contribution < 1.29 is 19.1 Å². The molecule has 1 aliphatic rings. The number of carboxylic acid groups (broad SMARTS) is 1. The van der Waals surface area contributed by atoms with E-state index in [-0.39, 0.29) is 11.7 Å². The molecule has 0 unspecified atom stereocenters. The van der Waals surface area contributed by atoms with Gasteiger partial charge in [0.1, 0.15) is 11.9 Å². The zero-order chi connectivity index (χ0) is 12.4. The second-order valence-corrected chi connectivity index (χ2v) is 3.76. The third-order valence-electron chi connectivity index (χ3n) is 2.64. The van der Waals surface area contributed by atoms with Gasteiger partial charge in [-0.15, -0.1) is 0 Å². The molecule has 0 radical (unpaired) electrons. The van der Waals surface area contributed by atoms with E-state index >= 15 is 0 Å². The van der Waals surface area contributed by atoms with Crippen molar-refractivity contribution in [1.82, 2.24) is 5.32 Å². The molecule has 2 rings (SSSR count). The van der Waals surface area contributed by atoms with E-state index in [9.17, 15) is 14.0 Å². The SMILES string of the molecule is O=C(O)N[C@H]1CCN(c2ccc(F)cc2)C1=O. The molecule has 1 aromatic rings. The lowest BCUT2D eigenvalue weighted by molar-refractivity contribution is -0.118. The van der Waals surface area contributed by atoms with Crippen LogP contribution in [0.4, 0.5) is 14.9 Å². The first-order valence-corrected chi connectivity index (χ1v) is 5.14. The fourth-order valence-electron chi connectivity index (χ4n) is 1.84. The maximum atomic E-state index is 12.7. The molecule has 0 spiro atoms. The van der Waals surface area contributed by atoms with E-state index in [1.165, 1.54) is 29.2 Å². The maximum Gasteiger partial charge on any atom is 0.405 e. The minimum Gasteiger partial charge on any atom is -0.465 e. The predicted molar refractivity (Wildman–Crippen MR) is 58.3 cm³/mol. The highest BCUT2D eigenvalue weighted by Crippen LogP contribution is 2.21. The zero-order valence-corrected chi connectivity index (χ0v) is 8.89. The standard InChI is InChI=1S/C11H11FN2O3/c12-7-1-3-8(4-2-7)14-6-5-9(10(14)15)13-11(16)17/h1-4,9,13H,5-6H2,(H,16,17)/t9-/m0/s1. The lowest BCUT2D eigenvalue weighted by atomic mass is 10.2. The minimum atomic E-state index is -1.22. The Morgan fingerprint density at radius 1 is 1.41 bits per heavy atom. The van der Waals surface area contributed by atoms with E-state index in [1.807, 2.05) is 0 Å². The third kappa shape index (κ3) is 2.35. The minimum absolute atomic E-state index is 0.306. The fourth-order valence-corrected chi connectivity index (χ4v) is 1.84. The number of nitrogens with one attached hydrogen (secondary N) is 1. The average Bonchev–Trinajstić information content (AvgIpc) is 2.61. The molecule has 90 valence electrons. The van der Waals surface area contributed by atoms with Crippen molar-refractivity contribution in [3.63, 3.8) is 0 Å². The molecular formula is C11H11FN2O3. The van der Waals surface area contributed by atoms with Crippen LogP contribution in [0.1, 0.15) is 6.42 Å².